The maximum Gasteiger partial charge on any atom is 0.122 e. The highest BCUT2D eigenvalue weighted by Crippen LogP contribution is 2.14. The first-order chi connectivity index (χ1) is 7.33. The molecule has 0 saturated heterocycles. The molecule has 15 heavy (non-hydrogen) atoms. The van der Waals surface area contributed by atoms with Gasteiger partial charge in [-0.3, -0.25) is 4.90 Å². The first kappa shape index (κ1) is 11.0. The first-order valence-corrected chi connectivity index (χ1v) is 6.30. The molecule has 1 atom stereocenters. The predicted octanol–water partition coefficient (Wildman–Crippen LogP) is 1.65. The Hall–Kier alpha value is -0.480. The van der Waals surface area contributed by atoms with Crippen molar-refractivity contribution in [1.29, 1.82) is 0 Å². The summed E-state index contributed by atoms with van der Waals surface area (Å²) in [5.41, 5.74) is 0. The van der Waals surface area contributed by atoms with Crippen molar-refractivity contribution in [2.75, 3.05) is 18.8 Å². The highest BCUT2D eigenvalue weighted by Gasteiger charge is 2.18. The summed E-state index contributed by atoms with van der Waals surface area (Å²) in [4.78, 5) is 6.86. The Balaban J connectivity index is 1.92. The highest BCUT2D eigenvalue weighted by molar-refractivity contribution is 7.80. The molecule has 0 saturated carbocycles. The third-order valence-electron chi connectivity index (χ3n) is 3.18. The van der Waals surface area contributed by atoms with Crippen molar-refractivity contribution in [1.82, 2.24) is 14.5 Å². The van der Waals surface area contributed by atoms with Crippen LogP contribution in [0, 0.1) is 5.92 Å². The maximum absolute atomic E-state index is 4.39. The van der Waals surface area contributed by atoms with Crippen molar-refractivity contribution in [3.05, 3.63) is 18.2 Å². The van der Waals surface area contributed by atoms with Gasteiger partial charge in [0.15, 0.2) is 0 Å². The van der Waals surface area contributed by atoms with Crippen LogP contribution in [-0.4, -0.2) is 33.3 Å². The normalized spacial score (nSPS) is 18.8. The lowest BCUT2D eigenvalue weighted by molar-refractivity contribution is 0.189. The fourth-order valence-electron chi connectivity index (χ4n) is 2.06. The van der Waals surface area contributed by atoms with E-state index < -0.39 is 0 Å². The molecule has 4 heteroatoms. The summed E-state index contributed by atoms with van der Waals surface area (Å²) >= 11 is 4.39. The minimum absolute atomic E-state index is 0.717. The monoisotopic (exact) mass is 225 g/mol. The van der Waals surface area contributed by atoms with Gasteiger partial charge in [0.05, 0.1) is 6.54 Å². The Morgan fingerprint density at radius 3 is 3.13 bits per heavy atom. The molecule has 3 nitrogen and oxygen atoms in total. The number of thiol groups is 1. The van der Waals surface area contributed by atoms with Gasteiger partial charge in [0.2, 0.25) is 0 Å². The fourth-order valence-corrected chi connectivity index (χ4v) is 2.43. The lowest BCUT2D eigenvalue weighted by atomic mass is 10.1. The standard InChI is InChI=1S/C11H19N3S/c1-2-10(9-15)7-13-5-6-14-4-3-12-11(14)8-13/h3-4,10,15H,2,5-9H2,1H3. The molecule has 2 heterocycles. The number of fused-ring (bicyclic) bond motifs is 1. The zero-order valence-corrected chi connectivity index (χ0v) is 10.2. The molecule has 1 aromatic rings. The molecule has 0 spiro atoms. The van der Waals surface area contributed by atoms with Crippen LogP contribution in [0.2, 0.25) is 0 Å². The van der Waals surface area contributed by atoms with E-state index in [0.29, 0.717) is 0 Å². The van der Waals surface area contributed by atoms with Crippen LogP contribution in [0.25, 0.3) is 0 Å². The quantitative estimate of drug-likeness (QED) is 0.787. The molecule has 1 unspecified atom stereocenters. The van der Waals surface area contributed by atoms with Crippen LogP contribution in [-0.2, 0) is 13.1 Å². The largest absolute Gasteiger partial charge is 0.333 e. The molecule has 1 aliphatic rings. The molecule has 0 amide bonds. The van der Waals surface area contributed by atoms with Gasteiger partial charge in [-0.2, -0.15) is 12.6 Å². The van der Waals surface area contributed by atoms with Gasteiger partial charge < -0.3 is 4.57 Å². The topological polar surface area (TPSA) is 21.1 Å². The Kier molecular flexibility index (Phi) is 3.70. The molecule has 1 aromatic heterocycles. The summed E-state index contributed by atoms with van der Waals surface area (Å²) in [6.45, 7) is 6.63. The van der Waals surface area contributed by atoms with Crippen LogP contribution in [0.15, 0.2) is 12.4 Å². The Labute approximate surface area is 96.9 Å². The molecular formula is C11H19N3S. The summed E-state index contributed by atoms with van der Waals surface area (Å²) in [6.07, 6.45) is 5.19. The van der Waals surface area contributed by atoms with E-state index >= 15 is 0 Å². The van der Waals surface area contributed by atoms with Gasteiger partial charge in [-0.05, 0) is 11.7 Å². The van der Waals surface area contributed by atoms with Gasteiger partial charge in [-0.25, -0.2) is 4.98 Å². The van der Waals surface area contributed by atoms with E-state index in [9.17, 15) is 0 Å². The molecule has 2 rings (SSSR count). The summed E-state index contributed by atoms with van der Waals surface area (Å²) in [6, 6.07) is 0. The second-order valence-corrected chi connectivity index (χ2v) is 4.59. The Morgan fingerprint density at radius 2 is 2.40 bits per heavy atom. The highest BCUT2D eigenvalue weighted by atomic mass is 32.1. The second-order valence-electron chi connectivity index (χ2n) is 4.23. The van der Waals surface area contributed by atoms with Gasteiger partial charge >= 0.3 is 0 Å². The van der Waals surface area contributed by atoms with E-state index in [2.05, 4.69) is 40.2 Å². The van der Waals surface area contributed by atoms with Crippen LogP contribution in [0.3, 0.4) is 0 Å². The Bertz CT molecular complexity index is 307. The van der Waals surface area contributed by atoms with Crippen molar-refractivity contribution in [2.24, 2.45) is 5.92 Å². The molecule has 84 valence electrons. The lowest BCUT2D eigenvalue weighted by Crippen LogP contribution is -2.37. The van der Waals surface area contributed by atoms with Gasteiger partial charge in [-0.15, -0.1) is 0 Å². The van der Waals surface area contributed by atoms with Gasteiger partial charge in [-0.1, -0.05) is 13.3 Å². The minimum Gasteiger partial charge on any atom is -0.333 e. The van der Waals surface area contributed by atoms with Crippen molar-refractivity contribution in [3.8, 4) is 0 Å². The molecule has 0 aliphatic carbocycles. The third kappa shape index (κ3) is 2.55. The van der Waals surface area contributed by atoms with Crippen LogP contribution < -0.4 is 0 Å². The van der Waals surface area contributed by atoms with Crippen molar-refractivity contribution in [2.45, 2.75) is 26.4 Å². The zero-order valence-electron chi connectivity index (χ0n) is 9.26. The number of nitrogens with zero attached hydrogens (tertiary/aromatic N) is 3. The van der Waals surface area contributed by atoms with E-state index in [1.54, 1.807) is 0 Å². The number of rotatable bonds is 4. The van der Waals surface area contributed by atoms with Crippen molar-refractivity contribution in [3.63, 3.8) is 0 Å². The van der Waals surface area contributed by atoms with Gasteiger partial charge in [0.25, 0.3) is 0 Å². The summed E-state index contributed by atoms with van der Waals surface area (Å²) in [7, 11) is 0. The average Bonchev–Trinajstić information content (AvgIpc) is 2.73. The molecule has 0 N–H and O–H groups in total. The van der Waals surface area contributed by atoms with E-state index in [0.717, 1.165) is 37.8 Å². The summed E-state index contributed by atoms with van der Waals surface area (Å²) in [5.74, 6) is 2.91. The molecule has 0 aromatic carbocycles. The minimum atomic E-state index is 0.717. The van der Waals surface area contributed by atoms with Crippen LogP contribution in [0.1, 0.15) is 19.2 Å². The fraction of sp³-hybridized carbons (Fsp3) is 0.727. The van der Waals surface area contributed by atoms with E-state index in [4.69, 9.17) is 0 Å². The van der Waals surface area contributed by atoms with Crippen LogP contribution >= 0.6 is 12.6 Å². The number of hydrogen-bond acceptors (Lipinski definition) is 3. The predicted molar refractivity (Wildman–Crippen MR) is 65.1 cm³/mol. The van der Waals surface area contributed by atoms with Crippen LogP contribution in [0.5, 0.6) is 0 Å². The third-order valence-corrected chi connectivity index (χ3v) is 3.69. The van der Waals surface area contributed by atoms with Crippen LogP contribution in [0.4, 0.5) is 0 Å². The maximum atomic E-state index is 4.39. The van der Waals surface area contributed by atoms with Gasteiger partial charge in [0.1, 0.15) is 5.82 Å². The molecule has 0 fully saturated rings. The van der Waals surface area contributed by atoms with Gasteiger partial charge in [0, 0.05) is 32.0 Å². The lowest BCUT2D eigenvalue weighted by Gasteiger charge is -2.30. The second kappa shape index (κ2) is 5.03. The summed E-state index contributed by atoms with van der Waals surface area (Å²) in [5, 5.41) is 0. The number of aromatic nitrogens is 2. The zero-order chi connectivity index (χ0) is 10.7. The molecule has 0 bridgehead atoms. The number of imidazole rings is 1. The van der Waals surface area contributed by atoms with Crippen molar-refractivity contribution < 1.29 is 0 Å². The SMILES string of the molecule is CCC(CS)CN1CCn2ccnc2C1. The summed E-state index contributed by atoms with van der Waals surface area (Å²) < 4.78 is 2.25. The first-order valence-electron chi connectivity index (χ1n) is 5.66. The van der Waals surface area contributed by atoms with Crippen molar-refractivity contribution >= 4 is 12.6 Å². The van der Waals surface area contributed by atoms with E-state index in [1.165, 1.54) is 12.2 Å². The number of hydrogen-bond donors (Lipinski definition) is 1. The molecule has 0 radical (unpaired) electrons. The van der Waals surface area contributed by atoms with E-state index in [1.807, 2.05) is 6.20 Å². The molecule has 1 aliphatic heterocycles. The Morgan fingerprint density at radius 1 is 1.53 bits per heavy atom. The molecular weight excluding hydrogens is 206 g/mol. The van der Waals surface area contributed by atoms with E-state index in [-0.39, 0.29) is 0 Å². The smallest absolute Gasteiger partial charge is 0.122 e. The average molecular weight is 225 g/mol.